The Balaban J connectivity index is 2.39. The third-order valence-electron chi connectivity index (χ3n) is 2.75. The van der Waals surface area contributed by atoms with Crippen LogP contribution >= 0.6 is 0 Å². The molecule has 19 heavy (non-hydrogen) atoms. The van der Waals surface area contributed by atoms with Gasteiger partial charge in [0.2, 0.25) is 0 Å². The number of aryl methyl sites for hydroxylation is 2. The number of benzene rings is 1. The number of nitrogens with zero attached hydrogens (tertiary/aromatic N) is 3. The quantitative estimate of drug-likeness (QED) is 0.921. The monoisotopic (exact) mass is 260 g/mol. The Morgan fingerprint density at radius 1 is 1.47 bits per heavy atom. The maximum absolute atomic E-state index is 13.3. The third kappa shape index (κ3) is 2.36. The molecule has 5 nitrogen and oxygen atoms in total. The topological polar surface area (TPSA) is 62.9 Å². The second kappa shape index (κ2) is 4.98. The lowest BCUT2D eigenvalue weighted by molar-refractivity contribution is 0.387. The van der Waals surface area contributed by atoms with E-state index >= 15 is 0 Å². The summed E-state index contributed by atoms with van der Waals surface area (Å²) in [6.07, 6.45) is 0. The highest BCUT2D eigenvalue weighted by molar-refractivity contribution is 5.65. The van der Waals surface area contributed by atoms with Crippen LogP contribution in [0.2, 0.25) is 0 Å². The van der Waals surface area contributed by atoms with E-state index in [-0.39, 0.29) is 5.75 Å². The van der Waals surface area contributed by atoms with Gasteiger partial charge in [-0.3, -0.25) is 4.68 Å². The van der Waals surface area contributed by atoms with Crippen LogP contribution in [0.5, 0.6) is 5.75 Å². The average molecular weight is 260 g/mol. The van der Waals surface area contributed by atoms with Gasteiger partial charge in [0.1, 0.15) is 17.5 Å². The molecule has 2 aromatic rings. The van der Waals surface area contributed by atoms with Crippen LogP contribution in [0.25, 0.3) is 0 Å². The van der Waals surface area contributed by atoms with Crippen molar-refractivity contribution in [3.8, 4) is 11.8 Å². The van der Waals surface area contributed by atoms with Crippen molar-refractivity contribution in [2.75, 3.05) is 12.4 Å². The molecule has 2 rings (SSSR count). The van der Waals surface area contributed by atoms with Crippen LogP contribution in [-0.2, 0) is 7.05 Å². The summed E-state index contributed by atoms with van der Waals surface area (Å²) in [6.45, 7) is 1.76. The normalized spacial score (nSPS) is 10.1. The van der Waals surface area contributed by atoms with Crippen LogP contribution < -0.4 is 10.1 Å². The van der Waals surface area contributed by atoms with Crippen molar-refractivity contribution in [3.63, 3.8) is 0 Å². The second-order valence-corrected chi connectivity index (χ2v) is 4.02. The predicted molar refractivity (Wildman–Crippen MR) is 68.9 cm³/mol. The maximum Gasteiger partial charge on any atom is 0.165 e. The summed E-state index contributed by atoms with van der Waals surface area (Å²) < 4.78 is 19.8. The SMILES string of the molecule is COc1cc(Nc2c(C#N)c(C)nn2C)ccc1F. The van der Waals surface area contributed by atoms with Gasteiger partial charge in [0.05, 0.1) is 12.8 Å². The molecule has 0 spiro atoms. The minimum Gasteiger partial charge on any atom is -0.494 e. The Morgan fingerprint density at radius 3 is 2.84 bits per heavy atom. The summed E-state index contributed by atoms with van der Waals surface area (Å²) in [6, 6.07) is 6.49. The van der Waals surface area contributed by atoms with Crippen molar-refractivity contribution in [1.29, 1.82) is 5.26 Å². The van der Waals surface area contributed by atoms with E-state index in [0.29, 0.717) is 22.8 Å². The summed E-state index contributed by atoms with van der Waals surface area (Å²) in [4.78, 5) is 0. The van der Waals surface area contributed by atoms with E-state index in [1.165, 1.54) is 19.2 Å². The number of hydrogen-bond acceptors (Lipinski definition) is 4. The molecule has 1 N–H and O–H groups in total. The summed E-state index contributed by atoms with van der Waals surface area (Å²) in [5.41, 5.74) is 1.73. The minimum atomic E-state index is -0.435. The van der Waals surface area contributed by atoms with Crippen molar-refractivity contribution < 1.29 is 9.13 Å². The number of anilines is 2. The molecule has 0 saturated heterocycles. The first kappa shape index (κ1) is 12.9. The summed E-state index contributed by atoms with van der Waals surface area (Å²) >= 11 is 0. The Morgan fingerprint density at radius 2 is 2.21 bits per heavy atom. The van der Waals surface area contributed by atoms with E-state index in [9.17, 15) is 4.39 Å². The zero-order valence-corrected chi connectivity index (χ0v) is 10.9. The summed E-state index contributed by atoms with van der Waals surface area (Å²) in [7, 11) is 3.13. The fourth-order valence-corrected chi connectivity index (χ4v) is 1.81. The van der Waals surface area contributed by atoms with Gasteiger partial charge in [0.15, 0.2) is 11.6 Å². The van der Waals surface area contributed by atoms with Gasteiger partial charge in [-0.1, -0.05) is 0 Å². The lowest BCUT2D eigenvalue weighted by Gasteiger charge is -2.09. The first-order chi connectivity index (χ1) is 9.06. The zero-order valence-electron chi connectivity index (χ0n) is 10.9. The minimum absolute atomic E-state index is 0.141. The Hall–Kier alpha value is -2.55. The number of hydrogen-bond donors (Lipinski definition) is 1. The predicted octanol–water partition coefficient (Wildman–Crippen LogP) is 2.49. The van der Waals surface area contributed by atoms with Crippen LogP contribution in [0.15, 0.2) is 18.2 Å². The molecule has 6 heteroatoms. The molecule has 0 aliphatic heterocycles. The molecular formula is C13H13FN4O. The number of ether oxygens (including phenoxy) is 1. The van der Waals surface area contributed by atoms with Gasteiger partial charge in [0, 0.05) is 18.8 Å². The lowest BCUT2D eigenvalue weighted by Crippen LogP contribution is -2.01. The number of nitrogens with one attached hydrogen (secondary N) is 1. The molecule has 0 radical (unpaired) electrons. The first-order valence-electron chi connectivity index (χ1n) is 5.61. The number of nitriles is 1. The molecule has 0 atom stereocenters. The van der Waals surface area contributed by atoms with Gasteiger partial charge >= 0.3 is 0 Å². The van der Waals surface area contributed by atoms with E-state index < -0.39 is 5.82 Å². The van der Waals surface area contributed by atoms with Gasteiger partial charge in [-0.15, -0.1) is 0 Å². The van der Waals surface area contributed by atoms with Crippen LogP contribution in [-0.4, -0.2) is 16.9 Å². The fourth-order valence-electron chi connectivity index (χ4n) is 1.81. The molecule has 1 aromatic heterocycles. The van der Waals surface area contributed by atoms with Gasteiger partial charge < -0.3 is 10.1 Å². The fraction of sp³-hybridized carbons (Fsp3) is 0.231. The molecule has 1 heterocycles. The van der Waals surface area contributed by atoms with E-state index in [4.69, 9.17) is 10.00 Å². The van der Waals surface area contributed by atoms with Crippen molar-refractivity contribution in [2.24, 2.45) is 7.05 Å². The van der Waals surface area contributed by atoms with E-state index in [2.05, 4.69) is 16.5 Å². The lowest BCUT2D eigenvalue weighted by atomic mass is 10.2. The maximum atomic E-state index is 13.3. The van der Waals surface area contributed by atoms with Crippen LogP contribution in [0.1, 0.15) is 11.3 Å². The van der Waals surface area contributed by atoms with Crippen molar-refractivity contribution >= 4 is 11.5 Å². The Labute approximate surface area is 110 Å². The van der Waals surface area contributed by atoms with E-state index in [1.807, 2.05) is 0 Å². The van der Waals surface area contributed by atoms with Crippen molar-refractivity contribution in [1.82, 2.24) is 9.78 Å². The molecular weight excluding hydrogens is 247 g/mol. The molecule has 0 amide bonds. The average Bonchev–Trinajstić information content (AvgIpc) is 2.66. The first-order valence-corrected chi connectivity index (χ1v) is 5.61. The van der Waals surface area contributed by atoms with Crippen molar-refractivity contribution in [2.45, 2.75) is 6.92 Å². The molecule has 0 aliphatic rings. The smallest absolute Gasteiger partial charge is 0.165 e. The van der Waals surface area contributed by atoms with Crippen LogP contribution in [0.4, 0.5) is 15.9 Å². The van der Waals surface area contributed by atoms with Crippen molar-refractivity contribution in [3.05, 3.63) is 35.3 Å². The highest BCUT2D eigenvalue weighted by Gasteiger charge is 2.13. The molecule has 0 aliphatic carbocycles. The molecule has 1 aromatic carbocycles. The molecule has 0 fully saturated rings. The van der Waals surface area contributed by atoms with E-state index in [0.717, 1.165) is 0 Å². The van der Waals surface area contributed by atoms with Crippen LogP contribution in [0.3, 0.4) is 0 Å². The number of aromatic nitrogens is 2. The summed E-state index contributed by atoms with van der Waals surface area (Å²) in [5, 5.41) is 16.3. The molecule has 0 bridgehead atoms. The third-order valence-corrected chi connectivity index (χ3v) is 2.75. The Bertz CT molecular complexity index is 657. The van der Waals surface area contributed by atoms with Gasteiger partial charge in [-0.05, 0) is 19.1 Å². The van der Waals surface area contributed by atoms with Gasteiger partial charge in [0.25, 0.3) is 0 Å². The molecule has 98 valence electrons. The highest BCUT2D eigenvalue weighted by Crippen LogP contribution is 2.26. The zero-order chi connectivity index (χ0) is 14.0. The molecule has 0 saturated carbocycles. The second-order valence-electron chi connectivity index (χ2n) is 4.02. The van der Waals surface area contributed by atoms with Crippen LogP contribution in [0, 0.1) is 24.1 Å². The number of rotatable bonds is 3. The number of halogens is 1. The highest BCUT2D eigenvalue weighted by atomic mass is 19.1. The number of methoxy groups -OCH3 is 1. The van der Waals surface area contributed by atoms with Gasteiger partial charge in [-0.25, -0.2) is 4.39 Å². The standard InChI is InChI=1S/C13H13FN4O/c1-8-10(7-15)13(18(2)17-8)16-9-4-5-11(14)12(6-9)19-3/h4-6,16H,1-3H3. The van der Waals surface area contributed by atoms with Gasteiger partial charge in [-0.2, -0.15) is 10.4 Å². The Kier molecular flexibility index (Phi) is 3.38. The van der Waals surface area contributed by atoms with E-state index in [1.54, 1.807) is 24.7 Å². The summed E-state index contributed by atoms with van der Waals surface area (Å²) in [5.74, 6) is 0.269. The largest absolute Gasteiger partial charge is 0.494 e. The molecule has 0 unspecified atom stereocenters.